The van der Waals surface area contributed by atoms with Gasteiger partial charge in [0, 0.05) is 37.4 Å². The summed E-state index contributed by atoms with van der Waals surface area (Å²) in [7, 11) is -1.05. The fourth-order valence-corrected chi connectivity index (χ4v) is 5.22. The van der Waals surface area contributed by atoms with Crippen LogP contribution in [0.2, 0.25) is 0 Å². The summed E-state index contributed by atoms with van der Waals surface area (Å²) < 4.78 is 23.5. The van der Waals surface area contributed by atoms with Crippen molar-refractivity contribution < 1.29 is 8.42 Å². The van der Waals surface area contributed by atoms with Gasteiger partial charge in [0.2, 0.25) is 0 Å². The molecule has 0 aromatic rings. The molecule has 1 atom stereocenters. The van der Waals surface area contributed by atoms with Gasteiger partial charge in [-0.15, -0.1) is 0 Å². The Morgan fingerprint density at radius 3 is 2.65 bits per heavy atom. The topological polar surface area (TPSA) is 49.4 Å². The van der Waals surface area contributed by atoms with Crippen molar-refractivity contribution in [2.24, 2.45) is 5.41 Å². The maximum atomic E-state index is 11.8. The molecule has 102 valence electrons. The second kappa shape index (κ2) is 5.91. The number of thioether (sulfide) groups is 1. The first-order chi connectivity index (χ1) is 7.76. The standard InChI is InChI=1S/C11H24N2O2S2/c1-11(2,8-12-3)9-13-5-6-16-7-10(13)17(4,14)15/h10,12H,5-9H2,1-4H3. The summed E-state index contributed by atoms with van der Waals surface area (Å²) in [5.41, 5.74) is 0.0969. The highest BCUT2D eigenvalue weighted by Crippen LogP contribution is 2.25. The van der Waals surface area contributed by atoms with Crippen LogP contribution in [-0.2, 0) is 9.84 Å². The molecule has 0 radical (unpaired) electrons. The molecule has 0 aliphatic carbocycles. The van der Waals surface area contributed by atoms with Crippen molar-refractivity contribution in [1.29, 1.82) is 0 Å². The Balaban J connectivity index is 2.73. The van der Waals surface area contributed by atoms with Crippen molar-refractivity contribution >= 4 is 21.6 Å². The first-order valence-corrected chi connectivity index (χ1v) is 9.02. The molecule has 1 unspecified atom stereocenters. The summed E-state index contributed by atoms with van der Waals surface area (Å²) in [4.78, 5) is 2.13. The van der Waals surface area contributed by atoms with Gasteiger partial charge in [-0.3, -0.25) is 4.90 Å². The van der Waals surface area contributed by atoms with Crippen LogP contribution in [0.1, 0.15) is 13.8 Å². The number of hydrogen-bond acceptors (Lipinski definition) is 5. The first kappa shape index (κ1) is 15.3. The van der Waals surface area contributed by atoms with Gasteiger partial charge in [-0.25, -0.2) is 8.42 Å². The third-order valence-corrected chi connectivity index (χ3v) is 5.66. The Labute approximate surface area is 109 Å². The van der Waals surface area contributed by atoms with E-state index in [1.165, 1.54) is 6.26 Å². The van der Waals surface area contributed by atoms with E-state index in [9.17, 15) is 8.42 Å². The van der Waals surface area contributed by atoms with Crippen molar-refractivity contribution in [3.63, 3.8) is 0 Å². The zero-order valence-corrected chi connectivity index (χ0v) is 12.8. The van der Waals surface area contributed by atoms with E-state index in [0.717, 1.165) is 25.4 Å². The highest BCUT2D eigenvalue weighted by Gasteiger charge is 2.34. The van der Waals surface area contributed by atoms with Gasteiger partial charge in [0.25, 0.3) is 0 Å². The first-order valence-electron chi connectivity index (χ1n) is 5.91. The third-order valence-electron chi connectivity index (χ3n) is 2.97. The fourth-order valence-electron chi connectivity index (χ4n) is 2.27. The molecule has 0 bridgehead atoms. The Hall–Kier alpha value is 0.220. The molecule has 1 aliphatic rings. The van der Waals surface area contributed by atoms with Crippen molar-refractivity contribution in [2.45, 2.75) is 19.2 Å². The molecule has 17 heavy (non-hydrogen) atoms. The summed E-state index contributed by atoms with van der Waals surface area (Å²) in [5.74, 6) is 1.73. The lowest BCUT2D eigenvalue weighted by Gasteiger charge is -2.39. The van der Waals surface area contributed by atoms with E-state index < -0.39 is 9.84 Å². The number of nitrogens with one attached hydrogen (secondary N) is 1. The molecule has 6 heteroatoms. The van der Waals surface area contributed by atoms with Gasteiger partial charge in [-0.1, -0.05) is 13.8 Å². The molecule has 0 spiro atoms. The molecule has 0 amide bonds. The Bertz CT molecular complexity index is 341. The Morgan fingerprint density at radius 2 is 2.12 bits per heavy atom. The van der Waals surface area contributed by atoms with Crippen molar-refractivity contribution in [3.05, 3.63) is 0 Å². The van der Waals surface area contributed by atoms with Gasteiger partial charge < -0.3 is 5.32 Å². The van der Waals surface area contributed by atoms with E-state index >= 15 is 0 Å². The van der Waals surface area contributed by atoms with Crippen LogP contribution in [0.3, 0.4) is 0 Å². The Morgan fingerprint density at radius 1 is 1.47 bits per heavy atom. The predicted molar refractivity (Wildman–Crippen MR) is 75.2 cm³/mol. The minimum atomic E-state index is -2.98. The maximum Gasteiger partial charge on any atom is 0.164 e. The summed E-state index contributed by atoms with van der Waals surface area (Å²) in [6.45, 7) is 6.93. The van der Waals surface area contributed by atoms with Crippen molar-refractivity contribution in [2.75, 3.05) is 44.4 Å². The SMILES string of the molecule is CNCC(C)(C)CN1CCSCC1S(C)(=O)=O. The lowest BCUT2D eigenvalue weighted by Crippen LogP contribution is -2.51. The number of rotatable bonds is 5. The average Bonchev–Trinajstić information content (AvgIpc) is 2.15. The van der Waals surface area contributed by atoms with Crippen molar-refractivity contribution in [1.82, 2.24) is 10.2 Å². The van der Waals surface area contributed by atoms with Gasteiger partial charge in [0.1, 0.15) is 5.37 Å². The van der Waals surface area contributed by atoms with Gasteiger partial charge in [0.05, 0.1) is 0 Å². The third kappa shape index (κ3) is 4.77. The molecule has 0 saturated carbocycles. The van der Waals surface area contributed by atoms with Crippen LogP contribution in [0.5, 0.6) is 0 Å². The van der Waals surface area contributed by atoms with Gasteiger partial charge >= 0.3 is 0 Å². The van der Waals surface area contributed by atoms with Gasteiger partial charge in [0.15, 0.2) is 9.84 Å². The van der Waals surface area contributed by atoms with E-state index in [2.05, 4.69) is 24.1 Å². The average molecular weight is 280 g/mol. The van der Waals surface area contributed by atoms with Gasteiger partial charge in [-0.2, -0.15) is 11.8 Å². The van der Waals surface area contributed by atoms with Crippen LogP contribution in [0.15, 0.2) is 0 Å². The van der Waals surface area contributed by atoms with E-state index in [-0.39, 0.29) is 10.8 Å². The van der Waals surface area contributed by atoms with Crippen LogP contribution < -0.4 is 5.32 Å². The van der Waals surface area contributed by atoms with Crippen LogP contribution >= 0.6 is 11.8 Å². The highest BCUT2D eigenvalue weighted by molar-refractivity contribution is 8.00. The van der Waals surface area contributed by atoms with Crippen molar-refractivity contribution in [3.8, 4) is 0 Å². The summed E-state index contributed by atoms with van der Waals surface area (Å²) in [6.07, 6.45) is 1.35. The molecule has 1 fully saturated rings. The number of hydrogen-bond donors (Lipinski definition) is 1. The van der Waals surface area contributed by atoms with Crippen LogP contribution in [0, 0.1) is 5.41 Å². The largest absolute Gasteiger partial charge is 0.319 e. The second-order valence-electron chi connectivity index (χ2n) is 5.52. The molecule has 1 aliphatic heterocycles. The van der Waals surface area contributed by atoms with E-state index in [0.29, 0.717) is 5.75 Å². The molecule has 1 rings (SSSR count). The monoisotopic (exact) mass is 280 g/mol. The molecular formula is C11H24N2O2S2. The predicted octanol–water partition coefficient (Wildman–Crippen LogP) is 0.652. The summed E-state index contributed by atoms with van der Waals surface area (Å²) >= 11 is 1.74. The quantitative estimate of drug-likeness (QED) is 0.801. The lowest BCUT2D eigenvalue weighted by atomic mass is 9.92. The van der Waals surface area contributed by atoms with E-state index in [1.54, 1.807) is 11.8 Å². The van der Waals surface area contributed by atoms with Gasteiger partial charge in [-0.05, 0) is 12.5 Å². The molecule has 0 aromatic carbocycles. The van der Waals surface area contributed by atoms with Crippen LogP contribution in [0.4, 0.5) is 0 Å². The molecule has 1 N–H and O–H groups in total. The lowest BCUT2D eigenvalue weighted by molar-refractivity contribution is 0.173. The molecular weight excluding hydrogens is 256 g/mol. The zero-order chi connectivity index (χ0) is 13.1. The number of sulfone groups is 1. The number of nitrogens with zero attached hydrogens (tertiary/aromatic N) is 1. The highest BCUT2D eigenvalue weighted by atomic mass is 32.2. The van der Waals surface area contributed by atoms with Crippen LogP contribution in [-0.4, -0.2) is 63.1 Å². The van der Waals surface area contributed by atoms with Crippen LogP contribution in [0.25, 0.3) is 0 Å². The molecule has 0 aromatic heterocycles. The minimum absolute atomic E-state index is 0.0969. The zero-order valence-electron chi connectivity index (χ0n) is 11.2. The summed E-state index contributed by atoms with van der Waals surface area (Å²) in [6, 6.07) is 0. The molecule has 1 heterocycles. The normalized spacial score (nSPS) is 23.9. The van der Waals surface area contributed by atoms with E-state index in [4.69, 9.17) is 0 Å². The smallest absolute Gasteiger partial charge is 0.164 e. The summed E-state index contributed by atoms with van der Waals surface area (Å²) in [5, 5.41) is 2.86. The fraction of sp³-hybridized carbons (Fsp3) is 1.00. The molecule has 1 saturated heterocycles. The minimum Gasteiger partial charge on any atom is -0.319 e. The second-order valence-corrected chi connectivity index (χ2v) is 8.88. The van der Waals surface area contributed by atoms with E-state index in [1.807, 2.05) is 7.05 Å². The Kier molecular flexibility index (Phi) is 5.31. The maximum absolute atomic E-state index is 11.8. The molecule has 4 nitrogen and oxygen atoms in total.